The summed E-state index contributed by atoms with van der Waals surface area (Å²) in [4.78, 5) is 0. The fourth-order valence-electron chi connectivity index (χ4n) is 1.85. The molecule has 0 fully saturated rings. The first kappa shape index (κ1) is 13.2. The highest BCUT2D eigenvalue weighted by Crippen LogP contribution is 2.21. The quantitative estimate of drug-likeness (QED) is 0.718. The molecule has 0 spiro atoms. The molecule has 2 aromatic carbocycles. The summed E-state index contributed by atoms with van der Waals surface area (Å²) in [5.41, 5.74) is 0.887. The second-order valence-electron chi connectivity index (χ2n) is 4.33. The van der Waals surface area contributed by atoms with Crippen LogP contribution in [0.3, 0.4) is 0 Å². The Kier molecular flexibility index (Phi) is 3.82. The van der Waals surface area contributed by atoms with Crippen molar-refractivity contribution in [3.8, 4) is 23.0 Å². The first-order valence-corrected chi connectivity index (χ1v) is 6.50. The third-order valence-corrected chi connectivity index (χ3v) is 2.89. The van der Waals surface area contributed by atoms with Gasteiger partial charge < -0.3 is 13.9 Å². The lowest BCUT2D eigenvalue weighted by atomic mass is 10.2. The lowest BCUT2D eigenvalue weighted by molar-refractivity contribution is 0.263. The van der Waals surface area contributed by atoms with Gasteiger partial charge in [0.25, 0.3) is 5.89 Å². The second-order valence-corrected chi connectivity index (χ2v) is 4.33. The van der Waals surface area contributed by atoms with E-state index in [2.05, 4.69) is 10.2 Å². The lowest BCUT2D eigenvalue weighted by Crippen LogP contribution is -1.96. The minimum Gasteiger partial charge on any atom is -0.497 e. The van der Waals surface area contributed by atoms with E-state index in [4.69, 9.17) is 13.9 Å². The molecule has 0 aliphatic carbocycles. The Morgan fingerprint density at radius 3 is 2.57 bits per heavy atom. The monoisotopic (exact) mass is 282 g/mol. The highest BCUT2D eigenvalue weighted by Gasteiger charge is 2.08. The van der Waals surface area contributed by atoms with E-state index in [9.17, 15) is 0 Å². The van der Waals surface area contributed by atoms with Gasteiger partial charge in [-0.1, -0.05) is 24.3 Å². The van der Waals surface area contributed by atoms with Crippen molar-refractivity contribution in [2.24, 2.45) is 0 Å². The summed E-state index contributed by atoms with van der Waals surface area (Å²) in [6.07, 6.45) is 0. The van der Waals surface area contributed by atoms with Crippen molar-refractivity contribution in [3.05, 3.63) is 60.5 Å². The van der Waals surface area contributed by atoms with Gasteiger partial charge in [-0.3, -0.25) is 0 Å². The molecule has 0 aliphatic rings. The number of nitrogens with zero attached hydrogens (tertiary/aromatic N) is 2. The molecule has 0 radical (unpaired) electrons. The van der Waals surface area contributed by atoms with E-state index in [0.29, 0.717) is 17.5 Å². The van der Waals surface area contributed by atoms with E-state index < -0.39 is 0 Å². The van der Waals surface area contributed by atoms with Crippen LogP contribution in [0.4, 0.5) is 0 Å². The highest BCUT2D eigenvalue weighted by atomic mass is 16.5. The highest BCUT2D eigenvalue weighted by molar-refractivity contribution is 5.51. The average molecular weight is 282 g/mol. The maximum absolute atomic E-state index is 5.61. The van der Waals surface area contributed by atoms with Crippen LogP contribution in [0.15, 0.2) is 59.0 Å². The third-order valence-electron chi connectivity index (χ3n) is 2.89. The van der Waals surface area contributed by atoms with E-state index in [-0.39, 0.29) is 6.61 Å². The molecule has 0 amide bonds. The Hall–Kier alpha value is -2.82. The molecule has 3 rings (SSSR count). The third kappa shape index (κ3) is 3.20. The first-order chi connectivity index (χ1) is 10.3. The summed E-state index contributed by atoms with van der Waals surface area (Å²) in [5.74, 6) is 2.34. The molecular formula is C16H14N2O3. The summed E-state index contributed by atoms with van der Waals surface area (Å²) in [5, 5.41) is 7.99. The normalized spacial score (nSPS) is 10.3. The smallest absolute Gasteiger partial charge is 0.254 e. The largest absolute Gasteiger partial charge is 0.497 e. The Morgan fingerprint density at radius 2 is 1.76 bits per heavy atom. The molecule has 5 nitrogen and oxygen atoms in total. The molecule has 0 saturated carbocycles. The average Bonchev–Trinajstić information content (AvgIpc) is 3.03. The van der Waals surface area contributed by atoms with Crippen LogP contribution in [-0.2, 0) is 6.61 Å². The number of ether oxygens (including phenoxy) is 2. The van der Waals surface area contributed by atoms with Crippen molar-refractivity contribution in [2.75, 3.05) is 7.11 Å². The Labute approximate surface area is 122 Å². The van der Waals surface area contributed by atoms with Crippen LogP contribution in [0.2, 0.25) is 0 Å². The topological polar surface area (TPSA) is 57.4 Å². The summed E-state index contributed by atoms with van der Waals surface area (Å²) in [6, 6.07) is 17.0. The number of aromatic nitrogens is 2. The molecule has 0 N–H and O–H groups in total. The molecule has 0 saturated heterocycles. The number of rotatable bonds is 5. The van der Waals surface area contributed by atoms with Gasteiger partial charge in [-0.25, -0.2) is 0 Å². The van der Waals surface area contributed by atoms with Gasteiger partial charge in [0, 0.05) is 11.6 Å². The van der Waals surface area contributed by atoms with Crippen molar-refractivity contribution < 1.29 is 13.9 Å². The maximum atomic E-state index is 5.61. The molecule has 0 unspecified atom stereocenters. The first-order valence-electron chi connectivity index (χ1n) is 6.50. The van der Waals surface area contributed by atoms with E-state index >= 15 is 0 Å². The fourth-order valence-corrected chi connectivity index (χ4v) is 1.85. The van der Waals surface area contributed by atoms with Crippen LogP contribution in [0.5, 0.6) is 11.5 Å². The Morgan fingerprint density at radius 1 is 0.952 bits per heavy atom. The van der Waals surface area contributed by atoms with Crippen molar-refractivity contribution >= 4 is 0 Å². The predicted octanol–water partition coefficient (Wildman–Crippen LogP) is 3.32. The predicted molar refractivity (Wildman–Crippen MR) is 77.1 cm³/mol. The molecule has 21 heavy (non-hydrogen) atoms. The minimum atomic E-state index is 0.215. The van der Waals surface area contributed by atoms with Gasteiger partial charge in [-0.2, -0.15) is 0 Å². The second kappa shape index (κ2) is 6.09. The van der Waals surface area contributed by atoms with Gasteiger partial charge in [0.05, 0.1) is 7.11 Å². The van der Waals surface area contributed by atoms with Crippen LogP contribution in [0.25, 0.3) is 11.5 Å². The van der Waals surface area contributed by atoms with Gasteiger partial charge in [0.1, 0.15) is 11.5 Å². The summed E-state index contributed by atoms with van der Waals surface area (Å²) in [6.45, 7) is 0.215. The van der Waals surface area contributed by atoms with E-state index in [1.807, 2.05) is 48.5 Å². The molecule has 5 heteroatoms. The molecule has 0 bridgehead atoms. The van der Waals surface area contributed by atoms with E-state index in [0.717, 1.165) is 11.3 Å². The van der Waals surface area contributed by atoms with Gasteiger partial charge >= 0.3 is 0 Å². The standard InChI is InChI=1S/C16H14N2O3/c1-19-13-8-5-9-14(10-13)20-11-15-17-18-16(21-15)12-6-3-2-4-7-12/h2-10H,11H2,1H3. The molecule has 106 valence electrons. The summed E-state index contributed by atoms with van der Waals surface area (Å²) < 4.78 is 16.3. The van der Waals surface area contributed by atoms with Crippen LogP contribution < -0.4 is 9.47 Å². The fraction of sp³-hybridized carbons (Fsp3) is 0.125. The molecular weight excluding hydrogens is 268 g/mol. The zero-order valence-electron chi connectivity index (χ0n) is 11.5. The Balaban J connectivity index is 1.67. The van der Waals surface area contributed by atoms with Gasteiger partial charge in [-0.05, 0) is 24.3 Å². The van der Waals surface area contributed by atoms with Crippen molar-refractivity contribution in [1.29, 1.82) is 0 Å². The minimum absolute atomic E-state index is 0.215. The summed E-state index contributed by atoms with van der Waals surface area (Å²) in [7, 11) is 1.61. The van der Waals surface area contributed by atoms with Crippen molar-refractivity contribution in [2.45, 2.75) is 6.61 Å². The Bertz CT molecular complexity index is 710. The van der Waals surface area contributed by atoms with Crippen LogP contribution in [0.1, 0.15) is 5.89 Å². The van der Waals surface area contributed by atoms with Crippen LogP contribution in [-0.4, -0.2) is 17.3 Å². The zero-order chi connectivity index (χ0) is 14.5. The number of hydrogen-bond donors (Lipinski definition) is 0. The number of hydrogen-bond acceptors (Lipinski definition) is 5. The van der Waals surface area contributed by atoms with Crippen LogP contribution in [0, 0.1) is 0 Å². The van der Waals surface area contributed by atoms with Gasteiger partial charge in [0.2, 0.25) is 5.89 Å². The number of benzene rings is 2. The van der Waals surface area contributed by atoms with Gasteiger partial charge in [-0.15, -0.1) is 10.2 Å². The zero-order valence-corrected chi connectivity index (χ0v) is 11.5. The van der Waals surface area contributed by atoms with Crippen molar-refractivity contribution in [1.82, 2.24) is 10.2 Å². The SMILES string of the molecule is COc1cccc(OCc2nnc(-c3ccccc3)o2)c1. The van der Waals surface area contributed by atoms with Crippen molar-refractivity contribution in [3.63, 3.8) is 0 Å². The molecule has 3 aromatic rings. The number of methoxy groups -OCH3 is 1. The van der Waals surface area contributed by atoms with E-state index in [1.165, 1.54) is 0 Å². The lowest BCUT2D eigenvalue weighted by Gasteiger charge is -2.05. The molecule has 0 atom stereocenters. The molecule has 1 aromatic heterocycles. The van der Waals surface area contributed by atoms with Crippen LogP contribution >= 0.6 is 0 Å². The molecule has 0 aliphatic heterocycles. The molecule has 1 heterocycles. The van der Waals surface area contributed by atoms with E-state index in [1.54, 1.807) is 13.2 Å². The summed E-state index contributed by atoms with van der Waals surface area (Å²) >= 11 is 0. The maximum Gasteiger partial charge on any atom is 0.254 e. The van der Waals surface area contributed by atoms with Gasteiger partial charge in [0.15, 0.2) is 6.61 Å².